The lowest BCUT2D eigenvalue weighted by atomic mass is 10.0. The van der Waals surface area contributed by atoms with Gasteiger partial charge in [0.15, 0.2) is 0 Å². The Morgan fingerprint density at radius 3 is 2.61 bits per heavy atom. The molecule has 2 atom stereocenters. The molecule has 2 unspecified atom stereocenters. The molecule has 1 aromatic heterocycles. The molecule has 2 fully saturated rings. The van der Waals surface area contributed by atoms with Crippen LogP contribution >= 0.6 is 0 Å². The van der Waals surface area contributed by atoms with E-state index in [1.165, 1.54) is 5.69 Å². The molecule has 5 rings (SSSR count). The van der Waals surface area contributed by atoms with Crippen LogP contribution in [0.5, 0.6) is 0 Å². The Morgan fingerprint density at radius 1 is 1.15 bits per heavy atom. The summed E-state index contributed by atoms with van der Waals surface area (Å²) in [6.45, 7) is 7.97. The van der Waals surface area contributed by atoms with E-state index in [0.717, 1.165) is 67.8 Å². The van der Waals surface area contributed by atoms with Gasteiger partial charge >= 0.3 is 0 Å². The van der Waals surface area contributed by atoms with Gasteiger partial charge in [-0.15, -0.1) is 0 Å². The Balaban J connectivity index is 1.56. The predicted octanol–water partition coefficient (Wildman–Crippen LogP) is 3.18. The lowest BCUT2D eigenvalue weighted by Crippen LogP contribution is -2.43. The molecule has 3 N–H and O–H groups in total. The van der Waals surface area contributed by atoms with Crippen molar-refractivity contribution >= 4 is 22.5 Å². The molecule has 3 heterocycles. The van der Waals surface area contributed by atoms with Crippen LogP contribution in [-0.2, 0) is 9.47 Å². The highest BCUT2D eigenvalue weighted by atomic mass is 16.5. The van der Waals surface area contributed by atoms with Crippen LogP contribution in [0.2, 0.25) is 0 Å². The van der Waals surface area contributed by atoms with Crippen LogP contribution in [0.1, 0.15) is 29.7 Å². The van der Waals surface area contributed by atoms with Crippen LogP contribution in [0.4, 0.5) is 5.69 Å². The summed E-state index contributed by atoms with van der Waals surface area (Å²) in [6.07, 6.45) is 3.21. The Labute approximate surface area is 194 Å². The van der Waals surface area contributed by atoms with Gasteiger partial charge in [0.05, 0.1) is 32.0 Å². The molecule has 0 saturated carbocycles. The van der Waals surface area contributed by atoms with Gasteiger partial charge in [0.1, 0.15) is 0 Å². The number of amides is 1. The number of nitrogens with zero attached hydrogens (tertiary/aromatic N) is 2. The first-order chi connectivity index (χ1) is 16.2. The van der Waals surface area contributed by atoms with Crippen LogP contribution in [0.25, 0.3) is 22.0 Å². The van der Waals surface area contributed by atoms with E-state index in [9.17, 15) is 4.79 Å². The van der Waals surface area contributed by atoms with Gasteiger partial charge in [0.2, 0.25) is 5.91 Å². The smallest absolute Gasteiger partial charge is 0.248 e. The third kappa shape index (κ3) is 4.36. The second-order valence-corrected chi connectivity index (χ2v) is 8.78. The zero-order chi connectivity index (χ0) is 22.8. The molecule has 3 aromatic rings. The Kier molecular flexibility index (Phi) is 6.35. The summed E-state index contributed by atoms with van der Waals surface area (Å²) >= 11 is 0. The third-order valence-corrected chi connectivity index (χ3v) is 6.83. The molecular weight excluding hydrogens is 416 g/mol. The fraction of sp³-hybridized carbons (Fsp3) is 0.423. The maximum Gasteiger partial charge on any atom is 0.248 e. The fourth-order valence-corrected chi connectivity index (χ4v) is 5.05. The highest BCUT2D eigenvalue weighted by molar-refractivity contribution is 6.02. The molecule has 0 spiro atoms. The van der Waals surface area contributed by atoms with Gasteiger partial charge in [-0.1, -0.05) is 25.1 Å². The standard InChI is InChI=1S/C26H32N4O3/c1-2-23(25-16-28-9-12-33-25)30-17-22(21-8-5-19(26(27)31)15-24(21)30)18-3-6-20(7-4-18)29-10-13-32-14-11-29/h3-8,15,17,23,25,28H,2,9-14,16H2,1H3,(H2,27,31). The molecule has 174 valence electrons. The van der Waals surface area contributed by atoms with Gasteiger partial charge in [-0.05, 0) is 36.2 Å². The molecule has 7 nitrogen and oxygen atoms in total. The number of morpholine rings is 2. The average molecular weight is 449 g/mol. The van der Waals surface area contributed by atoms with Crippen molar-refractivity contribution in [1.29, 1.82) is 0 Å². The van der Waals surface area contributed by atoms with E-state index in [4.69, 9.17) is 15.2 Å². The lowest BCUT2D eigenvalue weighted by molar-refractivity contribution is -0.00491. The fourth-order valence-electron chi connectivity index (χ4n) is 5.05. The minimum atomic E-state index is -0.412. The van der Waals surface area contributed by atoms with E-state index in [1.807, 2.05) is 18.2 Å². The SMILES string of the molecule is CCC(C1CNCCO1)n1cc(-c2ccc(N3CCOCC3)cc2)c2ccc(C(N)=O)cc21. The number of primary amides is 1. The van der Waals surface area contributed by atoms with E-state index < -0.39 is 5.91 Å². The highest BCUT2D eigenvalue weighted by Crippen LogP contribution is 2.36. The van der Waals surface area contributed by atoms with E-state index in [1.54, 1.807) is 0 Å². The monoisotopic (exact) mass is 448 g/mol. The van der Waals surface area contributed by atoms with E-state index in [2.05, 4.69) is 52.2 Å². The summed E-state index contributed by atoms with van der Waals surface area (Å²) in [5, 5.41) is 4.56. The number of ether oxygens (including phenoxy) is 2. The minimum absolute atomic E-state index is 0.0770. The number of carbonyl (C=O) groups excluding carboxylic acids is 1. The van der Waals surface area contributed by atoms with Crippen molar-refractivity contribution in [1.82, 2.24) is 9.88 Å². The average Bonchev–Trinajstić information content (AvgIpc) is 3.24. The van der Waals surface area contributed by atoms with Crippen LogP contribution < -0.4 is 16.0 Å². The number of nitrogens with one attached hydrogen (secondary N) is 1. The van der Waals surface area contributed by atoms with Crippen LogP contribution in [0.3, 0.4) is 0 Å². The second kappa shape index (κ2) is 9.55. The Hall–Kier alpha value is -2.87. The van der Waals surface area contributed by atoms with E-state index in [-0.39, 0.29) is 12.1 Å². The summed E-state index contributed by atoms with van der Waals surface area (Å²) in [5.74, 6) is -0.412. The predicted molar refractivity (Wildman–Crippen MR) is 131 cm³/mol. The molecule has 33 heavy (non-hydrogen) atoms. The van der Waals surface area contributed by atoms with Gasteiger partial charge in [0, 0.05) is 60.1 Å². The highest BCUT2D eigenvalue weighted by Gasteiger charge is 2.27. The molecule has 2 saturated heterocycles. The first-order valence-electron chi connectivity index (χ1n) is 11.9. The number of anilines is 1. The maximum atomic E-state index is 11.9. The Bertz CT molecular complexity index is 1110. The minimum Gasteiger partial charge on any atom is -0.378 e. The number of carbonyl (C=O) groups is 1. The van der Waals surface area contributed by atoms with Crippen LogP contribution in [0.15, 0.2) is 48.7 Å². The van der Waals surface area contributed by atoms with Crippen molar-refractivity contribution in [3.63, 3.8) is 0 Å². The van der Waals surface area contributed by atoms with E-state index in [0.29, 0.717) is 12.2 Å². The molecule has 2 aromatic carbocycles. The quantitative estimate of drug-likeness (QED) is 0.605. The number of rotatable bonds is 6. The molecule has 7 heteroatoms. The molecular formula is C26H32N4O3. The number of fused-ring (bicyclic) bond motifs is 1. The number of aromatic nitrogens is 1. The summed E-state index contributed by atoms with van der Waals surface area (Å²) in [5.41, 5.74) is 10.7. The van der Waals surface area contributed by atoms with Crippen molar-refractivity contribution in [2.75, 3.05) is 50.9 Å². The number of hydrogen-bond acceptors (Lipinski definition) is 5. The first kappa shape index (κ1) is 21.9. The van der Waals surface area contributed by atoms with Gasteiger partial charge < -0.3 is 30.0 Å². The summed E-state index contributed by atoms with van der Waals surface area (Å²) in [7, 11) is 0. The normalized spacial score (nSPS) is 20.2. The topological polar surface area (TPSA) is 81.8 Å². The summed E-state index contributed by atoms with van der Waals surface area (Å²) < 4.78 is 13.9. The van der Waals surface area contributed by atoms with Gasteiger partial charge in [-0.3, -0.25) is 4.79 Å². The molecule has 1 amide bonds. The molecule has 2 aliphatic heterocycles. The number of nitrogens with two attached hydrogens (primary N) is 1. The maximum absolute atomic E-state index is 11.9. The molecule has 0 bridgehead atoms. The van der Waals surface area contributed by atoms with Gasteiger partial charge in [0.25, 0.3) is 0 Å². The van der Waals surface area contributed by atoms with Crippen molar-refractivity contribution in [3.05, 3.63) is 54.2 Å². The van der Waals surface area contributed by atoms with Crippen molar-refractivity contribution in [2.24, 2.45) is 5.73 Å². The van der Waals surface area contributed by atoms with Crippen molar-refractivity contribution in [3.8, 4) is 11.1 Å². The summed E-state index contributed by atoms with van der Waals surface area (Å²) in [4.78, 5) is 14.3. The zero-order valence-corrected chi connectivity index (χ0v) is 19.1. The lowest BCUT2D eigenvalue weighted by Gasteiger charge is -2.32. The molecule has 0 aliphatic carbocycles. The van der Waals surface area contributed by atoms with Gasteiger partial charge in [-0.25, -0.2) is 0 Å². The van der Waals surface area contributed by atoms with Gasteiger partial charge in [-0.2, -0.15) is 0 Å². The van der Waals surface area contributed by atoms with Crippen LogP contribution in [0, 0.1) is 0 Å². The largest absolute Gasteiger partial charge is 0.378 e. The third-order valence-electron chi connectivity index (χ3n) is 6.83. The second-order valence-electron chi connectivity index (χ2n) is 8.78. The zero-order valence-electron chi connectivity index (χ0n) is 19.1. The first-order valence-corrected chi connectivity index (χ1v) is 11.9. The molecule has 2 aliphatic rings. The van der Waals surface area contributed by atoms with Crippen molar-refractivity contribution in [2.45, 2.75) is 25.5 Å². The molecule has 0 radical (unpaired) electrons. The summed E-state index contributed by atoms with van der Waals surface area (Å²) in [6, 6.07) is 14.7. The number of hydrogen-bond donors (Lipinski definition) is 2. The number of benzene rings is 2. The Morgan fingerprint density at radius 2 is 1.94 bits per heavy atom. The van der Waals surface area contributed by atoms with Crippen molar-refractivity contribution < 1.29 is 14.3 Å². The van der Waals surface area contributed by atoms with Crippen LogP contribution in [-0.4, -0.2) is 62.6 Å². The van der Waals surface area contributed by atoms with E-state index >= 15 is 0 Å².